The fraction of sp³-hybridized carbons (Fsp3) is 0.0667. The minimum Gasteiger partial charge on any atom is -0.494 e. The lowest BCUT2D eigenvalue weighted by Gasteiger charge is -2.09. The summed E-state index contributed by atoms with van der Waals surface area (Å²) in [6.07, 6.45) is 0. The quantitative estimate of drug-likeness (QED) is 0.803. The maximum Gasteiger partial charge on any atom is 0.354 e. The summed E-state index contributed by atoms with van der Waals surface area (Å²) >= 11 is 1.51. The van der Waals surface area contributed by atoms with Gasteiger partial charge < -0.3 is 9.84 Å². The summed E-state index contributed by atoms with van der Waals surface area (Å²) in [6.45, 7) is 0. The summed E-state index contributed by atoms with van der Waals surface area (Å²) in [4.78, 5) is 12.4. The molecule has 0 unspecified atom stereocenters. The summed E-state index contributed by atoms with van der Waals surface area (Å²) in [7, 11) is 1.54. The molecule has 1 aromatic carbocycles. The zero-order valence-electron chi connectivity index (χ0n) is 11.2. The van der Waals surface area contributed by atoms with Crippen molar-refractivity contribution in [1.29, 1.82) is 0 Å². The standard InChI is InChI=1S/C15H12N2O3S/c1-20-13-6-3-2-5-11(13)17-12(15(18)19)9-10(16-17)14-7-4-8-21-14/h2-9H,1H3,(H,18,19). The molecule has 0 saturated heterocycles. The molecule has 5 nitrogen and oxygen atoms in total. The number of ether oxygens (including phenoxy) is 1. The Morgan fingerprint density at radius 3 is 2.76 bits per heavy atom. The predicted octanol–water partition coefficient (Wildman–Crippen LogP) is 3.31. The molecule has 6 heteroatoms. The van der Waals surface area contributed by atoms with Crippen molar-refractivity contribution >= 4 is 17.3 Å². The van der Waals surface area contributed by atoms with Gasteiger partial charge >= 0.3 is 5.97 Å². The molecule has 1 N–H and O–H groups in total. The summed E-state index contributed by atoms with van der Waals surface area (Å²) in [6, 6.07) is 12.6. The normalized spacial score (nSPS) is 10.5. The van der Waals surface area contributed by atoms with Crippen molar-refractivity contribution in [1.82, 2.24) is 9.78 Å². The SMILES string of the molecule is COc1ccccc1-n1nc(-c2cccs2)cc1C(=O)O. The second-order valence-electron chi connectivity index (χ2n) is 4.28. The van der Waals surface area contributed by atoms with Crippen molar-refractivity contribution in [3.63, 3.8) is 0 Å². The van der Waals surface area contributed by atoms with Gasteiger partial charge in [-0.3, -0.25) is 0 Å². The first kappa shape index (κ1) is 13.4. The van der Waals surface area contributed by atoms with Crippen LogP contribution in [0.15, 0.2) is 47.8 Å². The number of nitrogens with zero attached hydrogens (tertiary/aromatic N) is 2. The summed E-state index contributed by atoms with van der Waals surface area (Å²) in [5.74, 6) is -0.461. The van der Waals surface area contributed by atoms with Crippen LogP contribution in [0, 0.1) is 0 Å². The summed E-state index contributed by atoms with van der Waals surface area (Å²) in [5, 5.41) is 15.8. The largest absolute Gasteiger partial charge is 0.494 e. The number of benzene rings is 1. The molecule has 0 aliphatic heterocycles. The monoisotopic (exact) mass is 300 g/mol. The van der Waals surface area contributed by atoms with E-state index in [1.807, 2.05) is 29.6 Å². The van der Waals surface area contributed by atoms with Crippen molar-refractivity contribution in [3.05, 3.63) is 53.5 Å². The van der Waals surface area contributed by atoms with E-state index in [0.717, 1.165) is 4.88 Å². The Morgan fingerprint density at radius 2 is 2.10 bits per heavy atom. The first-order chi connectivity index (χ1) is 10.2. The second-order valence-corrected chi connectivity index (χ2v) is 5.23. The number of methoxy groups -OCH3 is 1. The molecule has 0 spiro atoms. The highest BCUT2D eigenvalue weighted by Crippen LogP contribution is 2.28. The second kappa shape index (κ2) is 5.41. The zero-order chi connectivity index (χ0) is 14.8. The Bertz CT molecular complexity index is 778. The molecule has 0 saturated carbocycles. The van der Waals surface area contributed by atoms with Crippen LogP contribution in [0.25, 0.3) is 16.3 Å². The van der Waals surface area contributed by atoms with E-state index in [4.69, 9.17) is 4.74 Å². The molecule has 0 amide bonds. The topological polar surface area (TPSA) is 64.4 Å². The van der Waals surface area contributed by atoms with Crippen LogP contribution in [-0.4, -0.2) is 28.0 Å². The van der Waals surface area contributed by atoms with Crippen molar-refractivity contribution < 1.29 is 14.6 Å². The van der Waals surface area contributed by atoms with Gasteiger partial charge in [-0.05, 0) is 23.6 Å². The number of hydrogen-bond donors (Lipinski definition) is 1. The van der Waals surface area contributed by atoms with E-state index in [0.29, 0.717) is 17.1 Å². The predicted molar refractivity (Wildman–Crippen MR) is 80.4 cm³/mol. The minimum atomic E-state index is -1.03. The van der Waals surface area contributed by atoms with Gasteiger partial charge in [-0.1, -0.05) is 18.2 Å². The third-order valence-electron chi connectivity index (χ3n) is 3.02. The highest BCUT2D eigenvalue weighted by atomic mass is 32.1. The van der Waals surface area contributed by atoms with Gasteiger partial charge in [0.15, 0.2) is 5.69 Å². The molecule has 3 aromatic rings. The maximum atomic E-state index is 11.5. The fourth-order valence-electron chi connectivity index (χ4n) is 2.07. The fourth-order valence-corrected chi connectivity index (χ4v) is 2.75. The average Bonchev–Trinajstić information content (AvgIpc) is 3.16. The maximum absolute atomic E-state index is 11.5. The van der Waals surface area contributed by atoms with Crippen molar-refractivity contribution in [2.75, 3.05) is 7.11 Å². The first-order valence-corrected chi connectivity index (χ1v) is 7.09. The summed E-state index contributed by atoms with van der Waals surface area (Å²) < 4.78 is 6.68. The van der Waals surface area contributed by atoms with Gasteiger partial charge in [0, 0.05) is 6.07 Å². The third kappa shape index (κ3) is 2.41. The lowest BCUT2D eigenvalue weighted by Crippen LogP contribution is -2.08. The van der Waals surface area contributed by atoms with Gasteiger partial charge in [0.1, 0.15) is 17.1 Å². The minimum absolute atomic E-state index is 0.0999. The van der Waals surface area contributed by atoms with Crippen LogP contribution in [0.5, 0.6) is 5.75 Å². The smallest absolute Gasteiger partial charge is 0.354 e. The molecule has 21 heavy (non-hydrogen) atoms. The van der Waals surface area contributed by atoms with Crippen LogP contribution in [0.1, 0.15) is 10.5 Å². The number of para-hydroxylation sites is 2. The molecule has 2 aromatic heterocycles. The highest BCUT2D eigenvalue weighted by Gasteiger charge is 2.19. The van der Waals surface area contributed by atoms with E-state index in [9.17, 15) is 9.90 Å². The zero-order valence-corrected chi connectivity index (χ0v) is 12.0. The number of aromatic nitrogens is 2. The van der Waals surface area contributed by atoms with E-state index >= 15 is 0 Å². The lowest BCUT2D eigenvalue weighted by atomic mass is 10.2. The molecule has 2 heterocycles. The highest BCUT2D eigenvalue weighted by molar-refractivity contribution is 7.13. The van der Waals surface area contributed by atoms with Crippen LogP contribution in [0.3, 0.4) is 0 Å². The van der Waals surface area contributed by atoms with Crippen LogP contribution < -0.4 is 4.74 Å². The molecule has 0 bridgehead atoms. The third-order valence-corrected chi connectivity index (χ3v) is 3.91. The van der Waals surface area contributed by atoms with E-state index in [1.54, 1.807) is 25.3 Å². The van der Waals surface area contributed by atoms with Crippen molar-refractivity contribution in [2.24, 2.45) is 0 Å². The van der Waals surface area contributed by atoms with E-state index < -0.39 is 5.97 Å². The first-order valence-electron chi connectivity index (χ1n) is 6.21. The van der Waals surface area contributed by atoms with Crippen LogP contribution in [0.4, 0.5) is 0 Å². The molecule has 0 radical (unpaired) electrons. The molecule has 0 aliphatic rings. The number of hydrogen-bond acceptors (Lipinski definition) is 4. The molecule has 0 atom stereocenters. The molecule has 0 aliphatic carbocycles. The lowest BCUT2D eigenvalue weighted by molar-refractivity contribution is 0.0687. The Kier molecular flexibility index (Phi) is 3.45. The van der Waals surface area contributed by atoms with Crippen molar-refractivity contribution in [2.45, 2.75) is 0 Å². The van der Waals surface area contributed by atoms with Gasteiger partial charge in [-0.2, -0.15) is 5.10 Å². The number of carboxylic acid groups (broad SMARTS) is 1. The number of carbonyl (C=O) groups is 1. The number of carboxylic acids is 1. The van der Waals surface area contributed by atoms with Gasteiger partial charge in [0.25, 0.3) is 0 Å². The molecule has 106 valence electrons. The van der Waals surface area contributed by atoms with Gasteiger partial charge in [-0.25, -0.2) is 9.48 Å². The Balaban J connectivity index is 2.19. The Labute approximate surface area is 125 Å². The van der Waals surface area contributed by atoms with E-state index in [2.05, 4.69) is 5.10 Å². The van der Waals surface area contributed by atoms with Gasteiger partial charge in [0.2, 0.25) is 0 Å². The average molecular weight is 300 g/mol. The van der Waals surface area contributed by atoms with Gasteiger partial charge in [-0.15, -0.1) is 11.3 Å². The number of aromatic carboxylic acids is 1. The van der Waals surface area contributed by atoms with Crippen LogP contribution in [0.2, 0.25) is 0 Å². The Hall–Kier alpha value is -2.60. The van der Waals surface area contributed by atoms with Crippen LogP contribution >= 0.6 is 11.3 Å². The Morgan fingerprint density at radius 1 is 1.29 bits per heavy atom. The molecular weight excluding hydrogens is 288 g/mol. The van der Waals surface area contributed by atoms with Crippen molar-refractivity contribution in [3.8, 4) is 22.0 Å². The summed E-state index contributed by atoms with van der Waals surface area (Å²) in [5.41, 5.74) is 1.33. The van der Waals surface area contributed by atoms with Crippen LogP contribution in [-0.2, 0) is 0 Å². The van der Waals surface area contributed by atoms with E-state index in [-0.39, 0.29) is 5.69 Å². The number of thiophene rings is 1. The van der Waals surface area contributed by atoms with E-state index in [1.165, 1.54) is 16.0 Å². The molecular formula is C15H12N2O3S. The van der Waals surface area contributed by atoms with Gasteiger partial charge in [0.05, 0.1) is 12.0 Å². The number of rotatable bonds is 4. The molecule has 3 rings (SSSR count). The molecule has 0 fully saturated rings.